The van der Waals surface area contributed by atoms with Crippen LogP contribution in [-0.4, -0.2) is 32.7 Å². The van der Waals surface area contributed by atoms with Gasteiger partial charge >= 0.3 is 0 Å². The highest BCUT2D eigenvalue weighted by molar-refractivity contribution is 7.00. The molecule has 3 rings (SSSR count). The van der Waals surface area contributed by atoms with E-state index < -0.39 is 11.9 Å². The molecule has 0 aliphatic heterocycles. The molecule has 1 amide bonds. The first kappa shape index (κ1) is 17.6. The maximum atomic E-state index is 13.1. The third-order valence-corrected chi connectivity index (χ3v) is 4.51. The highest BCUT2D eigenvalue weighted by Crippen LogP contribution is 2.26. The monoisotopic (exact) mass is 379 g/mol. The zero-order valence-corrected chi connectivity index (χ0v) is 15.1. The van der Waals surface area contributed by atoms with Gasteiger partial charge < -0.3 is 9.64 Å². The molecule has 0 aliphatic rings. The summed E-state index contributed by atoms with van der Waals surface area (Å²) in [6.07, 6.45) is -0.752. The van der Waals surface area contributed by atoms with Crippen molar-refractivity contribution in [3.05, 3.63) is 52.8 Å². The number of amides is 1. The van der Waals surface area contributed by atoms with E-state index in [-0.39, 0.29) is 16.7 Å². The van der Waals surface area contributed by atoms with Crippen molar-refractivity contribution in [1.29, 1.82) is 0 Å². The van der Waals surface area contributed by atoms with E-state index in [1.807, 2.05) is 18.2 Å². The lowest BCUT2D eigenvalue weighted by atomic mass is 10.2. The van der Waals surface area contributed by atoms with Crippen molar-refractivity contribution >= 4 is 40.3 Å². The summed E-state index contributed by atoms with van der Waals surface area (Å²) < 4.78 is 27.0. The van der Waals surface area contributed by atoms with Crippen LogP contribution in [0.25, 0.3) is 11.0 Å². The van der Waals surface area contributed by atoms with Crippen LogP contribution in [-0.2, 0) is 11.3 Å². The fourth-order valence-corrected chi connectivity index (χ4v) is 3.13. The van der Waals surface area contributed by atoms with Gasteiger partial charge in [-0.15, -0.1) is 0 Å². The molecule has 3 aromatic rings. The molecular formula is C17H15ClFN3O2S. The van der Waals surface area contributed by atoms with Crippen LogP contribution in [0, 0.1) is 5.82 Å². The van der Waals surface area contributed by atoms with E-state index in [0.717, 1.165) is 34.4 Å². The Bertz CT molecular complexity index is 918. The quantitative estimate of drug-likeness (QED) is 0.674. The Morgan fingerprint density at radius 1 is 1.28 bits per heavy atom. The minimum Gasteiger partial charge on any atom is -0.479 e. The SMILES string of the molecule is CC(Oc1ccc(F)cc1Cl)C(=O)N(C)Cc1ccc2nsnc2c1. The molecule has 25 heavy (non-hydrogen) atoms. The molecule has 130 valence electrons. The highest BCUT2D eigenvalue weighted by Gasteiger charge is 2.20. The van der Waals surface area contributed by atoms with Gasteiger partial charge in [0.05, 0.1) is 16.8 Å². The molecule has 0 saturated carbocycles. The number of carbonyl (C=O) groups is 1. The second-order valence-electron chi connectivity index (χ2n) is 5.62. The number of benzene rings is 2. The average Bonchev–Trinajstić information content (AvgIpc) is 3.04. The number of hydrogen-bond acceptors (Lipinski definition) is 5. The Labute approximate surface area is 153 Å². The predicted molar refractivity (Wildman–Crippen MR) is 95.4 cm³/mol. The Hall–Kier alpha value is -2.25. The number of likely N-dealkylation sites (N-methyl/N-ethyl adjacent to an activating group) is 1. The molecule has 8 heteroatoms. The van der Waals surface area contributed by atoms with Gasteiger partial charge in [0.15, 0.2) is 6.10 Å². The maximum absolute atomic E-state index is 13.1. The maximum Gasteiger partial charge on any atom is 0.263 e. The average molecular weight is 380 g/mol. The van der Waals surface area contributed by atoms with Crippen molar-refractivity contribution < 1.29 is 13.9 Å². The van der Waals surface area contributed by atoms with Crippen molar-refractivity contribution in [2.75, 3.05) is 7.05 Å². The smallest absolute Gasteiger partial charge is 0.263 e. The molecule has 5 nitrogen and oxygen atoms in total. The largest absolute Gasteiger partial charge is 0.479 e. The lowest BCUT2D eigenvalue weighted by Crippen LogP contribution is -2.37. The molecule has 0 N–H and O–H groups in total. The fourth-order valence-electron chi connectivity index (χ4n) is 2.40. The molecule has 0 saturated heterocycles. The first-order valence-electron chi connectivity index (χ1n) is 7.52. The van der Waals surface area contributed by atoms with E-state index >= 15 is 0 Å². The van der Waals surface area contributed by atoms with Crippen molar-refractivity contribution in [1.82, 2.24) is 13.6 Å². The van der Waals surface area contributed by atoms with Crippen molar-refractivity contribution in [2.24, 2.45) is 0 Å². The standard InChI is InChI=1S/C17H15ClFN3O2S/c1-10(24-16-6-4-12(19)8-13(16)18)17(23)22(2)9-11-3-5-14-15(7-11)21-25-20-14/h3-8,10H,9H2,1-2H3. The summed E-state index contributed by atoms with van der Waals surface area (Å²) in [5.74, 6) is -0.399. The van der Waals surface area contributed by atoms with Crippen molar-refractivity contribution in [3.63, 3.8) is 0 Å². The van der Waals surface area contributed by atoms with Crippen LogP contribution in [0.15, 0.2) is 36.4 Å². The zero-order valence-electron chi connectivity index (χ0n) is 13.6. The topological polar surface area (TPSA) is 55.3 Å². The molecular weight excluding hydrogens is 365 g/mol. The number of nitrogens with zero attached hydrogens (tertiary/aromatic N) is 3. The number of carbonyl (C=O) groups excluding carboxylic acids is 1. The Kier molecular flexibility index (Phi) is 5.15. The molecule has 1 unspecified atom stereocenters. The number of aromatic nitrogens is 2. The van der Waals surface area contributed by atoms with E-state index in [0.29, 0.717) is 6.54 Å². The minimum atomic E-state index is -0.752. The van der Waals surface area contributed by atoms with E-state index in [1.165, 1.54) is 12.1 Å². The molecule has 0 bridgehead atoms. The van der Waals surface area contributed by atoms with E-state index in [4.69, 9.17) is 16.3 Å². The highest BCUT2D eigenvalue weighted by atomic mass is 35.5. The van der Waals surface area contributed by atoms with Crippen molar-refractivity contribution in [3.8, 4) is 5.75 Å². The zero-order chi connectivity index (χ0) is 18.0. The summed E-state index contributed by atoms with van der Waals surface area (Å²) in [6, 6.07) is 9.49. The molecule has 1 aromatic heterocycles. The normalized spacial score (nSPS) is 12.2. The summed E-state index contributed by atoms with van der Waals surface area (Å²) in [4.78, 5) is 14.1. The van der Waals surface area contributed by atoms with Crippen LogP contribution >= 0.6 is 23.3 Å². The van der Waals surface area contributed by atoms with E-state index in [2.05, 4.69) is 8.75 Å². The third kappa shape index (κ3) is 4.05. The van der Waals surface area contributed by atoms with Gasteiger partial charge in [-0.25, -0.2) is 4.39 Å². The van der Waals surface area contributed by atoms with Gasteiger partial charge in [0.25, 0.3) is 5.91 Å². The summed E-state index contributed by atoms with van der Waals surface area (Å²) >= 11 is 7.09. The Morgan fingerprint density at radius 3 is 2.80 bits per heavy atom. The van der Waals surface area contributed by atoms with Crippen LogP contribution in [0.5, 0.6) is 5.75 Å². The molecule has 2 aromatic carbocycles. The van der Waals surface area contributed by atoms with E-state index in [9.17, 15) is 9.18 Å². The summed E-state index contributed by atoms with van der Waals surface area (Å²) in [5, 5.41) is 0.129. The van der Waals surface area contributed by atoms with Crippen molar-refractivity contribution in [2.45, 2.75) is 19.6 Å². The van der Waals surface area contributed by atoms with E-state index in [1.54, 1.807) is 18.9 Å². The summed E-state index contributed by atoms with van der Waals surface area (Å²) in [7, 11) is 1.69. The predicted octanol–water partition coefficient (Wildman–Crippen LogP) is 3.91. The van der Waals surface area contributed by atoms with Gasteiger partial charge in [-0.05, 0) is 42.8 Å². The number of halogens is 2. The Balaban J connectivity index is 1.66. The molecule has 1 heterocycles. The summed E-state index contributed by atoms with van der Waals surface area (Å²) in [5.41, 5.74) is 2.60. The van der Waals surface area contributed by atoms with Gasteiger partial charge in [0.2, 0.25) is 0 Å². The lowest BCUT2D eigenvalue weighted by Gasteiger charge is -2.22. The second-order valence-corrected chi connectivity index (χ2v) is 6.55. The first-order valence-corrected chi connectivity index (χ1v) is 8.63. The van der Waals surface area contributed by atoms with Gasteiger partial charge in [-0.1, -0.05) is 17.7 Å². The first-order chi connectivity index (χ1) is 11.9. The molecule has 0 fully saturated rings. The van der Waals surface area contributed by atoms with Gasteiger partial charge in [0, 0.05) is 13.6 Å². The number of hydrogen-bond donors (Lipinski definition) is 0. The van der Waals surface area contributed by atoms with Crippen LogP contribution in [0.1, 0.15) is 12.5 Å². The van der Waals surface area contributed by atoms with Crippen LogP contribution in [0.3, 0.4) is 0 Å². The molecule has 0 radical (unpaired) electrons. The summed E-state index contributed by atoms with van der Waals surface area (Å²) in [6.45, 7) is 2.04. The lowest BCUT2D eigenvalue weighted by molar-refractivity contribution is -0.137. The molecule has 0 aliphatic carbocycles. The van der Waals surface area contributed by atoms with Gasteiger partial charge in [-0.3, -0.25) is 4.79 Å². The van der Waals surface area contributed by atoms with Crippen LogP contribution in [0.4, 0.5) is 4.39 Å². The fraction of sp³-hybridized carbons (Fsp3) is 0.235. The second kappa shape index (κ2) is 7.33. The van der Waals surface area contributed by atoms with Crippen LogP contribution in [0.2, 0.25) is 5.02 Å². The number of ether oxygens (including phenoxy) is 1. The molecule has 0 spiro atoms. The van der Waals surface area contributed by atoms with Gasteiger partial charge in [-0.2, -0.15) is 8.75 Å². The van der Waals surface area contributed by atoms with Gasteiger partial charge in [0.1, 0.15) is 22.6 Å². The molecule has 1 atom stereocenters. The Morgan fingerprint density at radius 2 is 2.04 bits per heavy atom. The number of fused-ring (bicyclic) bond motifs is 1. The van der Waals surface area contributed by atoms with Crippen LogP contribution < -0.4 is 4.74 Å². The minimum absolute atomic E-state index is 0.129. The number of rotatable bonds is 5. The third-order valence-electron chi connectivity index (χ3n) is 3.66.